The molecule has 1 saturated carbocycles. The fraction of sp³-hybridized carbons (Fsp3) is 0.259. The highest BCUT2D eigenvalue weighted by molar-refractivity contribution is 7.89. The van der Waals surface area contributed by atoms with Crippen molar-refractivity contribution in [3.8, 4) is 5.75 Å². The summed E-state index contributed by atoms with van der Waals surface area (Å²) < 4.78 is 32.9. The summed E-state index contributed by atoms with van der Waals surface area (Å²) >= 11 is 0. The minimum Gasteiger partial charge on any atom is -0.497 e. The average molecular weight is 493 g/mol. The Balaban J connectivity index is 1.37. The minimum absolute atomic E-state index is 0.0608. The number of carbonyl (C=O) groups is 2. The second-order valence-electron chi connectivity index (χ2n) is 8.66. The molecule has 35 heavy (non-hydrogen) atoms. The van der Waals surface area contributed by atoms with Crippen LogP contribution in [0.25, 0.3) is 0 Å². The molecule has 3 aromatic rings. The van der Waals surface area contributed by atoms with Crippen LogP contribution in [0.15, 0.2) is 77.7 Å². The van der Waals surface area contributed by atoms with Crippen molar-refractivity contribution in [2.24, 2.45) is 5.92 Å². The highest BCUT2D eigenvalue weighted by Gasteiger charge is 2.33. The lowest BCUT2D eigenvalue weighted by atomic mass is 10.0. The van der Waals surface area contributed by atoms with Gasteiger partial charge in [0.2, 0.25) is 10.0 Å². The maximum atomic E-state index is 12.9. The zero-order valence-electron chi connectivity index (χ0n) is 19.7. The first-order valence-electron chi connectivity index (χ1n) is 11.4. The van der Waals surface area contributed by atoms with Gasteiger partial charge in [-0.1, -0.05) is 36.4 Å². The van der Waals surface area contributed by atoms with Crippen molar-refractivity contribution in [2.75, 3.05) is 7.11 Å². The Morgan fingerprint density at radius 3 is 2.06 bits per heavy atom. The van der Waals surface area contributed by atoms with E-state index in [-0.39, 0.29) is 29.2 Å². The summed E-state index contributed by atoms with van der Waals surface area (Å²) in [5.74, 6) is 0.897. The van der Waals surface area contributed by atoms with Crippen molar-refractivity contribution in [1.29, 1.82) is 0 Å². The Labute approximate surface area is 205 Å². The van der Waals surface area contributed by atoms with E-state index in [9.17, 15) is 18.0 Å². The Morgan fingerprint density at radius 1 is 0.914 bits per heavy atom. The predicted octanol–water partition coefficient (Wildman–Crippen LogP) is 4.26. The number of Topliss-reactive ketones (excluding diaryl/α,β-unsaturated/α-hetero) is 1. The first-order chi connectivity index (χ1) is 16.8. The number of hydrogen-bond acceptors (Lipinski definition) is 5. The van der Waals surface area contributed by atoms with Crippen molar-refractivity contribution in [3.05, 3.63) is 95.1 Å². The zero-order chi connectivity index (χ0) is 25.0. The monoisotopic (exact) mass is 492 g/mol. The van der Waals surface area contributed by atoms with Gasteiger partial charge < -0.3 is 10.1 Å². The van der Waals surface area contributed by atoms with Crippen LogP contribution in [0.2, 0.25) is 0 Å². The summed E-state index contributed by atoms with van der Waals surface area (Å²) in [6.07, 6.45) is 2.15. The average Bonchev–Trinajstić information content (AvgIpc) is 3.72. The summed E-state index contributed by atoms with van der Waals surface area (Å²) in [5, 5.41) is 3.14. The fourth-order valence-corrected chi connectivity index (χ4v) is 4.86. The second-order valence-corrected chi connectivity index (χ2v) is 10.4. The Bertz CT molecular complexity index is 1300. The molecule has 7 nitrogen and oxygen atoms in total. The largest absolute Gasteiger partial charge is 0.497 e. The molecule has 0 bridgehead atoms. The van der Waals surface area contributed by atoms with E-state index in [1.807, 2.05) is 24.3 Å². The van der Waals surface area contributed by atoms with Crippen LogP contribution >= 0.6 is 0 Å². The molecule has 1 aliphatic carbocycles. The maximum absolute atomic E-state index is 12.9. The van der Waals surface area contributed by atoms with E-state index in [1.165, 1.54) is 31.2 Å². The van der Waals surface area contributed by atoms with Crippen molar-refractivity contribution in [3.63, 3.8) is 0 Å². The van der Waals surface area contributed by atoms with Gasteiger partial charge in [0.15, 0.2) is 5.78 Å². The van der Waals surface area contributed by atoms with Gasteiger partial charge >= 0.3 is 0 Å². The molecule has 0 radical (unpaired) electrons. The molecule has 0 aliphatic heterocycles. The van der Waals surface area contributed by atoms with E-state index < -0.39 is 10.0 Å². The molecule has 4 rings (SSSR count). The standard InChI is InChI=1S/C27H28N2O5S/c1-18(30)20-11-15-25(16-12-20)35(32,33)28-17-19-3-5-23(6-4-19)27(31)29-26(21-7-8-21)22-9-13-24(34-2)14-10-22/h3-6,9-16,21,26,28H,7-8,17H2,1-2H3,(H,29,31). The molecule has 0 aromatic heterocycles. The zero-order valence-corrected chi connectivity index (χ0v) is 20.5. The summed E-state index contributed by atoms with van der Waals surface area (Å²) in [6, 6.07) is 20.3. The van der Waals surface area contributed by atoms with Crippen LogP contribution in [-0.2, 0) is 16.6 Å². The SMILES string of the molecule is COc1ccc(C(NC(=O)c2ccc(CNS(=O)(=O)c3ccc(C(C)=O)cc3)cc2)C2CC2)cc1. The lowest BCUT2D eigenvalue weighted by Crippen LogP contribution is -2.30. The number of nitrogens with one attached hydrogen (secondary N) is 2. The van der Waals surface area contributed by atoms with Gasteiger partial charge in [0.25, 0.3) is 5.91 Å². The molecule has 182 valence electrons. The molecular formula is C27H28N2O5S. The highest BCUT2D eigenvalue weighted by atomic mass is 32.2. The molecule has 0 saturated heterocycles. The lowest BCUT2D eigenvalue weighted by Gasteiger charge is -2.19. The van der Waals surface area contributed by atoms with Crippen LogP contribution < -0.4 is 14.8 Å². The Morgan fingerprint density at radius 2 is 1.51 bits per heavy atom. The first-order valence-corrected chi connectivity index (χ1v) is 12.9. The second kappa shape index (κ2) is 10.4. The molecule has 1 amide bonds. The van der Waals surface area contributed by atoms with Gasteiger partial charge in [0, 0.05) is 17.7 Å². The van der Waals surface area contributed by atoms with Crippen molar-refractivity contribution in [2.45, 2.75) is 37.2 Å². The van der Waals surface area contributed by atoms with E-state index in [4.69, 9.17) is 4.74 Å². The number of amides is 1. The molecule has 0 spiro atoms. The number of rotatable bonds is 10. The summed E-state index contributed by atoms with van der Waals surface area (Å²) in [4.78, 5) is 24.4. The summed E-state index contributed by atoms with van der Waals surface area (Å²) in [6.45, 7) is 1.51. The van der Waals surface area contributed by atoms with Crippen LogP contribution in [-0.4, -0.2) is 27.2 Å². The first kappa shape index (κ1) is 24.6. The molecule has 3 aromatic carbocycles. The Hall–Kier alpha value is -3.49. The van der Waals surface area contributed by atoms with E-state index in [0.717, 1.165) is 29.7 Å². The number of sulfonamides is 1. The smallest absolute Gasteiger partial charge is 0.251 e. The summed E-state index contributed by atoms with van der Waals surface area (Å²) in [7, 11) is -2.11. The lowest BCUT2D eigenvalue weighted by molar-refractivity contribution is 0.0931. The molecule has 1 aliphatic rings. The predicted molar refractivity (Wildman–Crippen MR) is 133 cm³/mol. The van der Waals surface area contributed by atoms with Crippen LogP contribution in [0, 0.1) is 5.92 Å². The van der Waals surface area contributed by atoms with Crippen molar-refractivity contribution in [1.82, 2.24) is 10.0 Å². The molecule has 8 heteroatoms. The third-order valence-corrected chi connectivity index (χ3v) is 7.53. The van der Waals surface area contributed by atoms with Gasteiger partial charge in [-0.25, -0.2) is 13.1 Å². The Kier molecular flexibility index (Phi) is 7.33. The van der Waals surface area contributed by atoms with E-state index in [2.05, 4.69) is 10.0 Å². The number of benzene rings is 3. The number of carbonyl (C=O) groups excluding carboxylic acids is 2. The molecular weight excluding hydrogens is 464 g/mol. The number of hydrogen-bond donors (Lipinski definition) is 2. The van der Waals surface area contributed by atoms with Crippen molar-refractivity contribution >= 4 is 21.7 Å². The van der Waals surface area contributed by atoms with E-state index in [0.29, 0.717) is 17.0 Å². The molecule has 1 atom stereocenters. The molecule has 2 N–H and O–H groups in total. The number of ether oxygens (including phenoxy) is 1. The van der Waals surface area contributed by atoms with Crippen LogP contribution in [0.1, 0.15) is 57.7 Å². The fourth-order valence-electron chi connectivity index (χ4n) is 3.84. The van der Waals surface area contributed by atoms with Crippen LogP contribution in [0.5, 0.6) is 5.75 Å². The number of methoxy groups -OCH3 is 1. The molecule has 1 fully saturated rings. The topological polar surface area (TPSA) is 102 Å². The summed E-state index contributed by atoms with van der Waals surface area (Å²) in [5.41, 5.74) is 2.73. The van der Waals surface area contributed by atoms with Gasteiger partial charge in [-0.05, 0) is 73.2 Å². The van der Waals surface area contributed by atoms with Gasteiger partial charge in [-0.2, -0.15) is 0 Å². The normalized spacial score (nSPS) is 14.2. The third-order valence-electron chi connectivity index (χ3n) is 6.11. The van der Waals surface area contributed by atoms with Gasteiger partial charge in [-0.3, -0.25) is 9.59 Å². The van der Waals surface area contributed by atoms with Gasteiger partial charge in [-0.15, -0.1) is 0 Å². The van der Waals surface area contributed by atoms with Gasteiger partial charge in [0.05, 0.1) is 18.0 Å². The van der Waals surface area contributed by atoms with Gasteiger partial charge in [0.1, 0.15) is 5.75 Å². The maximum Gasteiger partial charge on any atom is 0.251 e. The van der Waals surface area contributed by atoms with E-state index in [1.54, 1.807) is 31.4 Å². The van der Waals surface area contributed by atoms with Crippen LogP contribution in [0.4, 0.5) is 0 Å². The molecule has 1 unspecified atom stereocenters. The quantitative estimate of drug-likeness (QED) is 0.412. The number of ketones is 1. The third kappa shape index (κ3) is 6.15. The molecule has 0 heterocycles. The van der Waals surface area contributed by atoms with Crippen molar-refractivity contribution < 1.29 is 22.7 Å². The van der Waals surface area contributed by atoms with E-state index >= 15 is 0 Å². The van der Waals surface area contributed by atoms with Crippen LogP contribution in [0.3, 0.4) is 0 Å². The minimum atomic E-state index is -3.73. The highest BCUT2D eigenvalue weighted by Crippen LogP contribution is 2.41.